The molecule has 1 aliphatic rings. The Morgan fingerprint density at radius 1 is 0.636 bits per heavy atom. The molecule has 0 heterocycles. The molecule has 1 aliphatic carbocycles. The Kier molecular flexibility index (Phi) is 22.0. The minimum absolute atomic E-state index is 0. The number of aromatic carboxylic acids is 2. The summed E-state index contributed by atoms with van der Waals surface area (Å²) in [6, 6.07) is 13.3. The number of para-hydroxylation sites is 2. The Morgan fingerprint density at radius 3 is 1.12 bits per heavy atom. The number of methoxy groups -OCH3 is 2. The van der Waals surface area contributed by atoms with Gasteiger partial charge >= 0.3 is 11.9 Å². The van der Waals surface area contributed by atoms with Gasteiger partial charge in [-0.15, -0.1) is 0 Å². The van der Waals surface area contributed by atoms with Crippen LogP contribution in [0.1, 0.15) is 36.8 Å². The van der Waals surface area contributed by atoms with Crippen LogP contribution >= 0.6 is 0 Å². The van der Waals surface area contributed by atoms with Crippen molar-refractivity contribution < 1.29 is 48.8 Å². The zero-order valence-electron chi connectivity index (χ0n) is 19.7. The molecule has 3 rings (SSSR count). The normalized spacial score (nSPS) is 11.9. The smallest absolute Gasteiger partial charge is 0.496 e. The van der Waals surface area contributed by atoms with Gasteiger partial charge in [0.1, 0.15) is 11.5 Å². The quantitative estimate of drug-likeness (QED) is 0.220. The van der Waals surface area contributed by atoms with E-state index in [1.165, 1.54) is 39.9 Å². The minimum Gasteiger partial charge on any atom is -0.496 e. The van der Waals surface area contributed by atoms with E-state index in [2.05, 4.69) is 24.3 Å². The molecule has 4 N–H and O–H groups in total. The van der Waals surface area contributed by atoms with Gasteiger partial charge < -0.3 is 44.1 Å². The molecule has 0 aromatic heterocycles. The third-order valence-corrected chi connectivity index (χ3v) is 4.03. The molecule has 0 aliphatic heterocycles. The van der Waals surface area contributed by atoms with E-state index in [0.29, 0.717) is 22.6 Å². The summed E-state index contributed by atoms with van der Waals surface area (Å²) >= 11 is 0. The predicted octanol–water partition coefficient (Wildman–Crippen LogP) is 5.78. The molecule has 0 fully saturated rings. The molecule has 0 unspecified atom stereocenters. The summed E-state index contributed by atoms with van der Waals surface area (Å²) < 4.78 is 9.73. The van der Waals surface area contributed by atoms with E-state index in [9.17, 15) is 0 Å². The van der Waals surface area contributed by atoms with Crippen LogP contribution in [0.25, 0.3) is 0 Å². The Hall–Kier alpha value is -2.92. The summed E-state index contributed by atoms with van der Waals surface area (Å²) in [5, 5.41) is 17.5. The number of aliphatic hydroxyl groups excluding tert-OH is 2. The molecule has 0 saturated carbocycles. The first-order valence-electron chi connectivity index (χ1n) is 9.57. The fraction of sp³-hybridized carbons (Fsp3) is 0.231. The van der Waals surface area contributed by atoms with Gasteiger partial charge in [-0.1, -0.05) is 48.6 Å². The molecule has 0 amide bonds. The summed E-state index contributed by atoms with van der Waals surface area (Å²) in [6.45, 7) is 0. The van der Waals surface area contributed by atoms with Crippen molar-refractivity contribution in [1.29, 1.82) is 0 Å². The van der Waals surface area contributed by atoms with Crippen molar-refractivity contribution in [3.05, 3.63) is 98.8 Å². The first kappa shape index (κ1) is 34.7. The molecule has 0 saturated heterocycles. The summed E-state index contributed by atoms with van der Waals surface area (Å²) in [4.78, 5) is 17.5. The van der Waals surface area contributed by atoms with E-state index in [4.69, 9.17) is 29.3 Å². The summed E-state index contributed by atoms with van der Waals surface area (Å²) in [6.07, 6.45) is 14.0. The van der Waals surface area contributed by atoms with E-state index >= 15 is 0 Å². The second-order valence-corrected chi connectivity index (χ2v) is 6.15. The van der Waals surface area contributed by atoms with Gasteiger partial charge in [-0.2, -0.15) is 0 Å². The van der Waals surface area contributed by atoms with Crippen molar-refractivity contribution in [3.8, 4) is 11.5 Å². The van der Waals surface area contributed by atoms with Crippen LogP contribution in [0.15, 0.2) is 72.8 Å². The van der Waals surface area contributed by atoms with E-state index in [1.807, 2.05) is 0 Å². The molecule has 0 bridgehead atoms. The molecule has 0 atom stereocenters. The van der Waals surface area contributed by atoms with Crippen molar-refractivity contribution in [3.63, 3.8) is 0 Å². The maximum absolute atomic E-state index is 8.73. The van der Waals surface area contributed by atoms with E-state index in [1.54, 1.807) is 48.5 Å². The number of hydrogen-bond donors (Lipinski definition) is 2. The van der Waals surface area contributed by atoms with Gasteiger partial charge in [0.05, 0.1) is 14.2 Å². The fourth-order valence-electron chi connectivity index (χ4n) is 2.52. The van der Waals surface area contributed by atoms with Gasteiger partial charge in [0.15, 0.2) is 11.1 Å². The van der Waals surface area contributed by atoms with Crippen LogP contribution in [0.3, 0.4) is 0 Å². The number of ether oxygens (including phenoxy) is 2. The van der Waals surface area contributed by atoms with Crippen molar-refractivity contribution in [2.24, 2.45) is 0 Å². The fourth-order valence-corrected chi connectivity index (χ4v) is 2.52. The minimum atomic E-state index is -0.720. The Labute approximate surface area is 210 Å². The van der Waals surface area contributed by atoms with Crippen molar-refractivity contribution in [2.75, 3.05) is 14.2 Å². The number of carboxylic acid groups (broad SMARTS) is 2. The molecule has 2 aromatic carbocycles. The number of allylic oxidation sites excluding steroid dienone is 4. The largest absolute Gasteiger partial charge is 0.519 e. The summed E-state index contributed by atoms with van der Waals surface area (Å²) in [5.74, 6) is -0.537. The third kappa shape index (κ3) is 14.0. The van der Waals surface area contributed by atoms with Crippen molar-refractivity contribution in [1.82, 2.24) is 0 Å². The average Bonchev–Trinajstić information content (AvgIpc) is 2.74. The third-order valence-electron chi connectivity index (χ3n) is 4.03. The maximum Gasteiger partial charge on any atom is 0.519 e. The number of carboxylic acids is 2. The second kappa shape index (κ2) is 21.0. The number of rotatable bonds is 4. The van der Waals surface area contributed by atoms with Crippen LogP contribution in [-0.2, 0) is 19.5 Å². The molecular formula is C26H36O6Ru. The molecule has 0 radical (unpaired) electrons. The van der Waals surface area contributed by atoms with Crippen LogP contribution in [0, 0.1) is 14.9 Å². The molecule has 33 heavy (non-hydrogen) atoms. The zero-order valence-corrected chi connectivity index (χ0v) is 21.5. The predicted molar refractivity (Wildman–Crippen MR) is 133 cm³/mol. The molecule has 6 nitrogen and oxygen atoms in total. The Morgan fingerprint density at radius 2 is 0.909 bits per heavy atom. The number of hydrogen-bond acceptors (Lipinski definition) is 2. The van der Waals surface area contributed by atoms with Gasteiger partial charge in [0, 0.05) is 19.5 Å². The van der Waals surface area contributed by atoms with Crippen LogP contribution in [0.2, 0.25) is 0 Å². The van der Waals surface area contributed by atoms with Crippen molar-refractivity contribution in [2.45, 2.75) is 25.7 Å². The molecule has 2 aromatic rings. The van der Waals surface area contributed by atoms with Gasteiger partial charge in [0.25, 0.3) is 0 Å². The molecule has 184 valence electrons. The average molecular weight is 546 g/mol. The molecule has 0 spiro atoms. The molecule has 7 heteroatoms. The van der Waals surface area contributed by atoms with E-state index in [0.717, 1.165) is 0 Å². The molecular weight excluding hydrogens is 509 g/mol. The van der Waals surface area contributed by atoms with E-state index < -0.39 is 11.9 Å². The van der Waals surface area contributed by atoms with Gasteiger partial charge in [0.2, 0.25) is 0 Å². The summed E-state index contributed by atoms with van der Waals surface area (Å²) in [5.41, 5.74) is 0.602. The summed E-state index contributed by atoms with van der Waals surface area (Å²) in [7, 11) is 2.95. The van der Waals surface area contributed by atoms with Gasteiger partial charge in [-0.3, -0.25) is 0 Å². The first-order chi connectivity index (χ1) is 14.5. The zero-order chi connectivity index (χ0) is 22.2. The van der Waals surface area contributed by atoms with Crippen LogP contribution in [0.5, 0.6) is 11.5 Å². The van der Waals surface area contributed by atoms with Gasteiger partial charge in [-0.25, -0.2) is 0 Å². The van der Waals surface area contributed by atoms with Crippen LogP contribution in [0.4, 0.5) is 0 Å². The second-order valence-electron chi connectivity index (χ2n) is 6.15. The Balaban J connectivity index is -0.000000396. The van der Waals surface area contributed by atoms with Crippen LogP contribution < -0.4 is 9.47 Å². The maximum atomic E-state index is 8.73. The first-order valence-corrected chi connectivity index (χ1v) is 9.57. The van der Waals surface area contributed by atoms with Gasteiger partial charge in [-0.05, 0) is 49.9 Å². The Bertz CT molecular complexity index is 778. The van der Waals surface area contributed by atoms with E-state index in [-0.39, 0.29) is 34.3 Å². The topological polar surface area (TPSA) is 102 Å². The number of benzene rings is 2. The SMILES string of the molecule is C1=CCC/C=C\CC1.COc1ccccc1C(O)=[OH+].COc1ccccc1C(O)=[OH+].[CH3-].[CH3-].[Ru]. The van der Waals surface area contributed by atoms with Crippen molar-refractivity contribution >= 4 is 11.9 Å². The van der Waals surface area contributed by atoms with Crippen LogP contribution in [-0.4, -0.2) is 46.0 Å². The monoisotopic (exact) mass is 546 g/mol. The standard InChI is InChI=1S/2C8H8O3.C8H12.2CH3.Ru/c2*1-11-7-5-3-2-4-6(7)8(9)10;1-2-4-6-8-7-5-3-1;;;/h2*2-5H,1H3,(H,9,10);1-2,7-8H,3-6H2;2*1H3;/q;;;2*-1;/p+2/b;;2-1-,8-7?;;;.